The minimum absolute atomic E-state index is 0.195. The summed E-state index contributed by atoms with van der Waals surface area (Å²) in [6.07, 6.45) is 1.42. The van der Waals surface area contributed by atoms with Crippen LogP contribution in [0.5, 0.6) is 5.75 Å². The summed E-state index contributed by atoms with van der Waals surface area (Å²) >= 11 is 1.23. The van der Waals surface area contributed by atoms with E-state index in [2.05, 4.69) is 10.3 Å². The number of carbonyl (C=O) groups excluding carboxylic acids is 1. The van der Waals surface area contributed by atoms with Gasteiger partial charge in [0.2, 0.25) is 0 Å². The first-order valence-electron chi connectivity index (χ1n) is 6.31. The highest BCUT2D eigenvalue weighted by Gasteiger charge is 2.14. The van der Waals surface area contributed by atoms with Crippen LogP contribution in [0, 0.1) is 5.82 Å². The van der Waals surface area contributed by atoms with Gasteiger partial charge in [-0.25, -0.2) is 9.37 Å². The Balaban J connectivity index is 1.85. The molecule has 0 aliphatic heterocycles. The van der Waals surface area contributed by atoms with Gasteiger partial charge in [0.05, 0.1) is 19.1 Å². The Hall–Kier alpha value is -2.67. The van der Waals surface area contributed by atoms with Gasteiger partial charge in [-0.05, 0) is 30.3 Å². The van der Waals surface area contributed by atoms with Gasteiger partial charge in [-0.1, -0.05) is 0 Å². The van der Waals surface area contributed by atoms with Gasteiger partial charge < -0.3 is 9.15 Å². The van der Waals surface area contributed by atoms with Gasteiger partial charge in [0, 0.05) is 10.9 Å². The van der Waals surface area contributed by atoms with E-state index < -0.39 is 5.91 Å². The van der Waals surface area contributed by atoms with Gasteiger partial charge >= 0.3 is 0 Å². The minimum Gasteiger partial charge on any atom is -0.496 e. The summed E-state index contributed by atoms with van der Waals surface area (Å²) in [4.78, 5) is 16.2. The quantitative estimate of drug-likeness (QED) is 0.794. The average molecular weight is 318 g/mol. The first-order valence-corrected chi connectivity index (χ1v) is 7.19. The molecule has 0 aliphatic carbocycles. The van der Waals surface area contributed by atoms with E-state index in [1.54, 1.807) is 17.5 Å². The second-order valence-corrected chi connectivity index (χ2v) is 5.17. The third-order valence-corrected chi connectivity index (χ3v) is 3.66. The number of halogens is 1. The molecule has 2 aromatic heterocycles. The molecule has 0 unspecified atom stereocenters. The van der Waals surface area contributed by atoms with Crippen molar-refractivity contribution in [1.29, 1.82) is 0 Å². The van der Waals surface area contributed by atoms with E-state index in [4.69, 9.17) is 9.15 Å². The summed E-state index contributed by atoms with van der Waals surface area (Å²) in [5.41, 5.74) is 1.05. The lowest BCUT2D eigenvalue weighted by atomic mass is 10.1. The molecular weight excluding hydrogens is 307 g/mol. The fourth-order valence-electron chi connectivity index (χ4n) is 1.90. The van der Waals surface area contributed by atoms with E-state index in [1.807, 2.05) is 0 Å². The molecule has 0 fully saturated rings. The monoisotopic (exact) mass is 318 g/mol. The molecule has 3 rings (SSSR count). The Morgan fingerprint density at radius 2 is 2.27 bits per heavy atom. The van der Waals surface area contributed by atoms with Crippen LogP contribution in [-0.2, 0) is 0 Å². The van der Waals surface area contributed by atoms with Crippen LogP contribution in [0.15, 0.2) is 46.4 Å². The highest BCUT2D eigenvalue weighted by atomic mass is 32.1. The topological polar surface area (TPSA) is 64.4 Å². The van der Waals surface area contributed by atoms with E-state index in [0.29, 0.717) is 22.1 Å². The number of nitrogens with zero attached hydrogens (tertiary/aromatic N) is 1. The summed E-state index contributed by atoms with van der Waals surface area (Å²) in [5, 5.41) is 4.74. The van der Waals surface area contributed by atoms with Crippen LogP contribution in [-0.4, -0.2) is 18.0 Å². The number of aromatic nitrogens is 1. The second kappa shape index (κ2) is 5.98. The zero-order valence-corrected chi connectivity index (χ0v) is 12.3. The molecule has 0 spiro atoms. The maximum absolute atomic E-state index is 13.4. The Morgan fingerprint density at radius 3 is 3.00 bits per heavy atom. The van der Waals surface area contributed by atoms with Crippen LogP contribution in [0.4, 0.5) is 9.52 Å². The van der Waals surface area contributed by atoms with Crippen molar-refractivity contribution in [3.05, 3.63) is 53.6 Å². The molecule has 0 aliphatic rings. The summed E-state index contributed by atoms with van der Waals surface area (Å²) in [5.74, 6) is -0.0715. The molecule has 0 bridgehead atoms. The number of methoxy groups -OCH3 is 1. The number of ether oxygens (including phenoxy) is 1. The van der Waals surface area contributed by atoms with Crippen LogP contribution >= 0.6 is 11.3 Å². The van der Waals surface area contributed by atoms with E-state index in [0.717, 1.165) is 0 Å². The lowest BCUT2D eigenvalue weighted by Gasteiger charge is -2.05. The number of anilines is 1. The summed E-state index contributed by atoms with van der Waals surface area (Å²) in [7, 11) is 1.50. The molecule has 1 aromatic carbocycles. The maximum atomic E-state index is 13.4. The SMILES string of the molecule is COc1ccc(F)cc1-c1csc(NC(=O)c2ccco2)n1. The fourth-order valence-corrected chi connectivity index (χ4v) is 2.61. The predicted octanol–water partition coefficient (Wildman–Crippen LogP) is 3.80. The second-order valence-electron chi connectivity index (χ2n) is 4.31. The molecule has 7 heteroatoms. The smallest absolute Gasteiger partial charge is 0.293 e. The van der Waals surface area contributed by atoms with Crippen molar-refractivity contribution in [1.82, 2.24) is 4.98 Å². The van der Waals surface area contributed by atoms with Crippen LogP contribution in [0.1, 0.15) is 10.6 Å². The van der Waals surface area contributed by atoms with Gasteiger partial charge in [-0.15, -0.1) is 11.3 Å². The predicted molar refractivity (Wildman–Crippen MR) is 80.7 cm³/mol. The molecule has 5 nitrogen and oxygen atoms in total. The number of hydrogen-bond acceptors (Lipinski definition) is 5. The summed E-state index contributed by atoms with van der Waals surface area (Å²) in [6.45, 7) is 0. The minimum atomic E-state index is -0.392. The van der Waals surface area contributed by atoms with E-state index in [9.17, 15) is 9.18 Å². The molecule has 0 radical (unpaired) electrons. The zero-order chi connectivity index (χ0) is 15.5. The van der Waals surface area contributed by atoms with Crippen LogP contribution in [0.2, 0.25) is 0 Å². The summed E-state index contributed by atoms with van der Waals surface area (Å²) in [6, 6.07) is 7.37. The Bertz CT molecular complexity index is 799. The van der Waals surface area contributed by atoms with Gasteiger partial charge in [0.25, 0.3) is 5.91 Å². The van der Waals surface area contributed by atoms with Gasteiger partial charge in [-0.2, -0.15) is 0 Å². The molecule has 1 amide bonds. The Kier molecular flexibility index (Phi) is 3.88. The molecule has 3 aromatic rings. The van der Waals surface area contributed by atoms with Gasteiger partial charge in [-0.3, -0.25) is 10.1 Å². The third-order valence-electron chi connectivity index (χ3n) is 2.91. The van der Waals surface area contributed by atoms with Crippen molar-refractivity contribution in [2.75, 3.05) is 12.4 Å². The lowest BCUT2D eigenvalue weighted by molar-refractivity contribution is 0.0996. The molecule has 1 N–H and O–H groups in total. The molecule has 0 saturated heterocycles. The van der Waals surface area contributed by atoms with Crippen LogP contribution < -0.4 is 10.1 Å². The normalized spacial score (nSPS) is 10.5. The Morgan fingerprint density at radius 1 is 1.41 bits per heavy atom. The lowest BCUT2D eigenvalue weighted by Crippen LogP contribution is -2.10. The van der Waals surface area contributed by atoms with Crippen molar-refractivity contribution in [2.24, 2.45) is 0 Å². The number of nitrogens with one attached hydrogen (secondary N) is 1. The largest absolute Gasteiger partial charge is 0.496 e. The van der Waals surface area contributed by atoms with E-state index >= 15 is 0 Å². The molecule has 0 atom stereocenters. The van der Waals surface area contributed by atoms with Crippen molar-refractivity contribution >= 4 is 22.4 Å². The van der Waals surface area contributed by atoms with Crippen molar-refractivity contribution in [3.8, 4) is 17.0 Å². The zero-order valence-electron chi connectivity index (χ0n) is 11.5. The van der Waals surface area contributed by atoms with Crippen molar-refractivity contribution in [3.63, 3.8) is 0 Å². The third kappa shape index (κ3) is 2.84. The highest BCUT2D eigenvalue weighted by Crippen LogP contribution is 2.32. The first-order chi connectivity index (χ1) is 10.7. The number of benzene rings is 1. The number of furan rings is 1. The molecule has 0 saturated carbocycles. The van der Waals surface area contributed by atoms with E-state index in [1.165, 1.54) is 42.9 Å². The Labute approximate surface area is 129 Å². The standard InChI is InChI=1S/C15H11FN2O3S/c1-20-12-5-4-9(16)7-10(12)11-8-22-15(17-11)18-14(19)13-3-2-6-21-13/h2-8H,1H3,(H,17,18,19). The van der Waals surface area contributed by atoms with Crippen LogP contribution in [0.25, 0.3) is 11.3 Å². The summed E-state index contributed by atoms with van der Waals surface area (Å²) < 4.78 is 23.6. The number of amides is 1. The van der Waals surface area contributed by atoms with Gasteiger partial charge in [0.15, 0.2) is 10.9 Å². The van der Waals surface area contributed by atoms with E-state index in [-0.39, 0.29) is 11.6 Å². The molecule has 2 heterocycles. The highest BCUT2D eigenvalue weighted by molar-refractivity contribution is 7.14. The number of hydrogen-bond donors (Lipinski definition) is 1. The first kappa shape index (κ1) is 14.3. The average Bonchev–Trinajstić information content (AvgIpc) is 3.18. The van der Waals surface area contributed by atoms with Crippen molar-refractivity contribution < 1.29 is 18.3 Å². The van der Waals surface area contributed by atoms with Crippen molar-refractivity contribution in [2.45, 2.75) is 0 Å². The van der Waals surface area contributed by atoms with Gasteiger partial charge in [0.1, 0.15) is 11.6 Å². The maximum Gasteiger partial charge on any atom is 0.293 e. The molecular formula is C15H11FN2O3S. The fraction of sp³-hybridized carbons (Fsp3) is 0.0667. The number of rotatable bonds is 4. The number of carbonyl (C=O) groups is 1. The molecule has 22 heavy (non-hydrogen) atoms. The molecule has 112 valence electrons. The number of thiazole rings is 1. The van der Waals surface area contributed by atoms with Crippen LogP contribution in [0.3, 0.4) is 0 Å².